The summed E-state index contributed by atoms with van der Waals surface area (Å²) in [4.78, 5) is 25.9. The van der Waals surface area contributed by atoms with E-state index in [1.165, 1.54) is 47.7 Å². The van der Waals surface area contributed by atoms with E-state index in [2.05, 4.69) is 0 Å². The third-order valence-corrected chi connectivity index (χ3v) is 5.79. The van der Waals surface area contributed by atoms with E-state index in [1.807, 2.05) is 0 Å². The molecule has 0 N–H and O–H groups in total. The minimum atomic E-state index is -0.601. The van der Waals surface area contributed by atoms with E-state index < -0.39 is 5.97 Å². The molecular weight excluding hydrogens is 480 g/mol. The molecule has 3 aromatic rings. The van der Waals surface area contributed by atoms with Crippen molar-refractivity contribution in [3.63, 3.8) is 0 Å². The van der Waals surface area contributed by atoms with Crippen LogP contribution in [-0.4, -0.2) is 47.3 Å². The van der Waals surface area contributed by atoms with Gasteiger partial charge in [0, 0.05) is 11.6 Å². The Hall–Kier alpha value is -4.66. The van der Waals surface area contributed by atoms with Gasteiger partial charge < -0.3 is 33.2 Å². The van der Waals surface area contributed by atoms with Gasteiger partial charge in [0.2, 0.25) is 11.5 Å². The molecule has 0 unspecified atom stereocenters. The van der Waals surface area contributed by atoms with Crippen molar-refractivity contribution < 1.29 is 42.7 Å². The fraction of sp³-hybridized carbons (Fsp3) is 0.214. The fourth-order valence-corrected chi connectivity index (χ4v) is 4.04. The highest BCUT2D eigenvalue weighted by Crippen LogP contribution is 2.43. The Morgan fingerprint density at radius 2 is 1.46 bits per heavy atom. The summed E-state index contributed by atoms with van der Waals surface area (Å²) in [5.41, 5.74) is 1.82. The standard InChI is InChI=1S/C28H26O9/c1-15-11-18(36-28(30)17-8-9-19(31-2)21(13-17)33-4)14-22-24(15)25(29)23(37-22)12-16-7-10-20(32-3)27(35-6)26(16)34-5/h7-14H,1-6H3/b23-12-. The summed E-state index contributed by atoms with van der Waals surface area (Å²) in [5.74, 6) is 1.86. The molecular formula is C28H26O9. The summed E-state index contributed by atoms with van der Waals surface area (Å²) < 4.78 is 38.1. The quantitative estimate of drug-likeness (QED) is 0.241. The average Bonchev–Trinajstić information content (AvgIpc) is 3.22. The molecule has 37 heavy (non-hydrogen) atoms. The van der Waals surface area contributed by atoms with Crippen molar-refractivity contribution in [1.29, 1.82) is 0 Å². The number of fused-ring (bicyclic) bond motifs is 1. The molecule has 192 valence electrons. The lowest BCUT2D eigenvalue weighted by molar-refractivity contribution is 0.0734. The fourth-order valence-electron chi connectivity index (χ4n) is 4.04. The molecule has 0 amide bonds. The molecule has 9 nitrogen and oxygen atoms in total. The van der Waals surface area contributed by atoms with Crippen molar-refractivity contribution in [3.8, 4) is 40.2 Å². The molecule has 0 aromatic heterocycles. The third-order valence-electron chi connectivity index (χ3n) is 5.79. The highest BCUT2D eigenvalue weighted by atomic mass is 16.5. The zero-order valence-corrected chi connectivity index (χ0v) is 21.3. The molecule has 0 saturated heterocycles. The van der Waals surface area contributed by atoms with Crippen LogP contribution in [0.1, 0.15) is 31.8 Å². The van der Waals surface area contributed by atoms with Crippen LogP contribution in [0.3, 0.4) is 0 Å². The predicted molar refractivity (Wildman–Crippen MR) is 135 cm³/mol. The molecule has 3 aromatic carbocycles. The molecule has 0 fully saturated rings. The highest BCUT2D eigenvalue weighted by Gasteiger charge is 2.31. The van der Waals surface area contributed by atoms with Gasteiger partial charge in [-0.05, 0) is 55.0 Å². The lowest BCUT2D eigenvalue weighted by Gasteiger charge is -2.14. The second-order valence-electron chi connectivity index (χ2n) is 7.94. The van der Waals surface area contributed by atoms with Crippen LogP contribution in [-0.2, 0) is 0 Å². The molecule has 0 spiro atoms. The minimum Gasteiger partial charge on any atom is -0.493 e. The maximum absolute atomic E-state index is 13.2. The Kier molecular flexibility index (Phi) is 7.24. The number of carbonyl (C=O) groups excluding carboxylic acids is 2. The number of benzene rings is 3. The first-order valence-corrected chi connectivity index (χ1v) is 11.2. The van der Waals surface area contributed by atoms with Gasteiger partial charge >= 0.3 is 5.97 Å². The van der Waals surface area contributed by atoms with E-state index in [9.17, 15) is 9.59 Å². The van der Waals surface area contributed by atoms with Gasteiger partial charge in [-0.25, -0.2) is 4.79 Å². The van der Waals surface area contributed by atoms with Crippen molar-refractivity contribution >= 4 is 17.8 Å². The number of carbonyl (C=O) groups is 2. The monoisotopic (exact) mass is 506 g/mol. The SMILES string of the molecule is COc1ccc(C(=O)Oc2cc(C)c3c(c2)O/C(=C\c2ccc(OC)c(OC)c2OC)C3=O)cc1OC. The van der Waals surface area contributed by atoms with Crippen molar-refractivity contribution in [2.75, 3.05) is 35.5 Å². The van der Waals surface area contributed by atoms with E-state index in [0.717, 1.165) is 0 Å². The van der Waals surface area contributed by atoms with Crippen molar-refractivity contribution in [2.45, 2.75) is 6.92 Å². The van der Waals surface area contributed by atoms with Crippen LogP contribution < -0.4 is 33.2 Å². The molecule has 0 radical (unpaired) electrons. The number of rotatable bonds is 8. The Bertz CT molecular complexity index is 1410. The number of esters is 1. The number of methoxy groups -OCH3 is 5. The molecule has 1 aliphatic heterocycles. The van der Waals surface area contributed by atoms with E-state index in [-0.39, 0.29) is 28.6 Å². The molecule has 0 atom stereocenters. The first-order valence-electron chi connectivity index (χ1n) is 11.2. The first-order chi connectivity index (χ1) is 17.8. The van der Waals surface area contributed by atoms with Crippen molar-refractivity contribution in [2.24, 2.45) is 0 Å². The normalized spacial score (nSPS) is 13.0. The number of Topliss-reactive ketones (excluding diaryl/α,β-unsaturated/α-hetero) is 1. The van der Waals surface area contributed by atoms with Gasteiger partial charge in [-0.1, -0.05) is 0 Å². The maximum atomic E-state index is 13.2. The Morgan fingerprint density at radius 3 is 2.11 bits per heavy atom. The summed E-state index contributed by atoms with van der Waals surface area (Å²) in [6.45, 7) is 1.74. The topological polar surface area (TPSA) is 98.8 Å². The molecule has 0 bridgehead atoms. The van der Waals surface area contributed by atoms with Crippen LogP contribution in [0.25, 0.3) is 6.08 Å². The van der Waals surface area contributed by atoms with Gasteiger partial charge in [-0.2, -0.15) is 0 Å². The molecule has 1 heterocycles. The number of aryl methyl sites for hydroxylation is 1. The van der Waals surface area contributed by atoms with Crippen LogP contribution in [0.4, 0.5) is 0 Å². The van der Waals surface area contributed by atoms with Crippen molar-refractivity contribution in [3.05, 3.63) is 70.5 Å². The summed E-state index contributed by atoms with van der Waals surface area (Å²) in [6.07, 6.45) is 1.57. The zero-order valence-electron chi connectivity index (χ0n) is 21.3. The Labute approximate surface area is 214 Å². The van der Waals surface area contributed by atoms with E-state index in [0.29, 0.717) is 45.4 Å². The number of allylic oxidation sites excluding steroid dienone is 1. The van der Waals surface area contributed by atoms with Gasteiger partial charge in [0.25, 0.3) is 0 Å². The van der Waals surface area contributed by atoms with E-state index in [4.69, 9.17) is 33.2 Å². The van der Waals surface area contributed by atoms with Crippen molar-refractivity contribution in [1.82, 2.24) is 0 Å². The molecule has 0 saturated carbocycles. The van der Waals surface area contributed by atoms with Crippen LogP contribution in [0.5, 0.6) is 40.2 Å². The van der Waals surface area contributed by atoms with E-state index in [1.54, 1.807) is 43.3 Å². The van der Waals surface area contributed by atoms with Crippen LogP contribution in [0.2, 0.25) is 0 Å². The molecule has 9 heteroatoms. The lowest BCUT2D eigenvalue weighted by atomic mass is 10.0. The average molecular weight is 507 g/mol. The van der Waals surface area contributed by atoms with Crippen LogP contribution in [0, 0.1) is 6.92 Å². The van der Waals surface area contributed by atoms with Gasteiger partial charge in [-0.3, -0.25) is 4.79 Å². The zero-order chi connectivity index (χ0) is 26.7. The summed E-state index contributed by atoms with van der Waals surface area (Å²) >= 11 is 0. The lowest BCUT2D eigenvalue weighted by Crippen LogP contribution is -2.09. The number of hydrogen-bond donors (Lipinski definition) is 0. The smallest absolute Gasteiger partial charge is 0.343 e. The molecule has 1 aliphatic rings. The second kappa shape index (κ2) is 10.5. The number of ketones is 1. The highest BCUT2D eigenvalue weighted by molar-refractivity contribution is 6.15. The summed E-state index contributed by atoms with van der Waals surface area (Å²) in [7, 11) is 7.50. The number of ether oxygens (including phenoxy) is 7. The Morgan fingerprint density at radius 1 is 0.784 bits per heavy atom. The van der Waals surface area contributed by atoms with Gasteiger partial charge in [-0.15, -0.1) is 0 Å². The summed E-state index contributed by atoms with van der Waals surface area (Å²) in [5, 5.41) is 0. The van der Waals surface area contributed by atoms with E-state index >= 15 is 0 Å². The molecule has 0 aliphatic carbocycles. The Balaban J connectivity index is 1.63. The van der Waals surface area contributed by atoms with Gasteiger partial charge in [0.1, 0.15) is 11.5 Å². The van der Waals surface area contributed by atoms with Crippen LogP contribution >= 0.6 is 0 Å². The third kappa shape index (κ3) is 4.75. The minimum absolute atomic E-state index is 0.0898. The molecule has 4 rings (SSSR count). The second-order valence-corrected chi connectivity index (χ2v) is 7.94. The van der Waals surface area contributed by atoms with Gasteiger partial charge in [0.05, 0.1) is 46.7 Å². The maximum Gasteiger partial charge on any atom is 0.343 e. The summed E-state index contributed by atoms with van der Waals surface area (Å²) in [6, 6.07) is 11.3. The number of hydrogen-bond acceptors (Lipinski definition) is 9. The first kappa shape index (κ1) is 25.4. The van der Waals surface area contributed by atoms with Crippen LogP contribution in [0.15, 0.2) is 48.2 Å². The predicted octanol–water partition coefficient (Wildman–Crippen LogP) is 4.87. The van der Waals surface area contributed by atoms with Gasteiger partial charge in [0.15, 0.2) is 28.8 Å². The largest absolute Gasteiger partial charge is 0.493 e.